The Morgan fingerprint density at radius 3 is 2.75 bits per heavy atom. The van der Waals surface area contributed by atoms with Crippen molar-refractivity contribution in [3.8, 4) is 0 Å². The molecule has 0 amide bonds. The molecule has 0 saturated carbocycles. The Hall–Kier alpha value is -1.44. The minimum Gasteiger partial charge on any atom is -0.398 e. The molecule has 0 radical (unpaired) electrons. The van der Waals surface area contributed by atoms with Crippen LogP contribution in [0.25, 0.3) is 0 Å². The molecule has 2 rings (SSSR count). The first kappa shape index (κ1) is 15.0. The van der Waals surface area contributed by atoms with E-state index in [9.17, 15) is 12.8 Å². The number of nitrogen functional groups attached to an aromatic ring is 1. The molecule has 2 N–H and O–H groups in total. The van der Waals surface area contributed by atoms with E-state index in [0.29, 0.717) is 19.6 Å². The van der Waals surface area contributed by atoms with Crippen LogP contribution in [0.5, 0.6) is 0 Å². The Bertz CT molecular complexity index is 629. The molecule has 0 spiro atoms. The van der Waals surface area contributed by atoms with Crippen LogP contribution in [0.15, 0.2) is 34.7 Å². The Kier molecular flexibility index (Phi) is 4.42. The normalized spacial score (nSPS) is 17.0. The summed E-state index contributed by atoms with van der Waals surface area (Å²) in [7, 11) is -2.09. The fourth-order valence-corrected chi connectivity index (χ4v) is 3.60. The second kappa shape index (κ2) is 5.90. The van der Waals surface area contributed by atoms with Gasteiger partial charge in [-0.2, -0.15) is 4.31 Å². The van der Waals surface area contributed by atoms with Crippen LogP contribution in [0.1, 0.15) is 6.42 Å². The molecule has 1 heterocycles. The summed E-state index contributed by atoms with van der Waals surface area (Å²) >= 11 is 0. The molecule has 1 aliphatic rings. The lowest BCUT2D eigenvalue weighted by atomic mass is 10.1. The van der Waals surface area contributed by atoms with Crippen molar-refractivity contribution in [2.75, 3.05) is 32.5 Å². The van der Waals surface area contributed by atoms with Gasteiger partial charge in [0.05, 0.1) is 12.3 Å². The van der Waals surface area contributed by atoms with Crippen LogP contribution in [0.4, 0.5) is 10.1 Å². The van der Waals surface area contributed by atoms with Gasteiger partial charge in [-0.1, -0.05) is 6.08 Å². The highest BCUT2D eigenvalue weighted by Crippen LogP contribution is 2.25. The van der Waals surface area contributed by atoms with Gasteiger partial charge in [0.15, 0.2) is 0 Å². The molecule has 0 saturated heterocycles. The summed E-state index contributed by atoms with van der Waals surface area (Å²) in [5, 5.41) is 0. The Morgan fingerprint density at radius 1 is 1.45 bits per heavy atom. The quantitative estimate of drug-likeness (QED) is 0.673. The molecule has 0 atom stereocenters. The minimum atomic E-state index is -3.69. The lowest BCUT2D eigenvalue weighted by molar-refractivity contribution is 0.219. The zero-order valence-electron chi connectivity index (χ0n) is 11.2. The van der Waals surface area contributed by atoms with Crippen molar-refractivity contribution in [3.05, 3.63) is 35.7 Å². The maximum atomic E-state index is 13.0. The standard InChI is InChI=1S/C13H17FN2O3S/c1-19-9-10-4-6-16(7-5-10)20(17,18)13-3-2-11(14)8-12(13)15/h2-4,8H,5-7,9,15H2,1H3. The summed E-state index contributed by atoms with van der Waals surface area (Å²) < 4.78 is 44.2. The number of ether oxygens (including phenoxy) is 1. The van der Waals surface area contributed by atoms with Crippen LogP contribution in [-0.2, 0) is 14.8 Å². The second-order valence-electron chi connectivity index (χ2n) is 4.59. The van der Waals surface area contributed by atoms with Gasteiger partial charge in [-0.05, 0) is 30.2 Å². The van der Waals surface area contributed by atoms with E-state index in [0.717, 1.165) is 17.7 Å². The van der Waals surface area contributed by atoms with Crippen molar-refractivity contribution in [1.82, 2.24) is 4.31 Å². The van der Waals surface area contributed by atoms with Gasteiger partial charge in [-0.15, -0.1) is 0 Å². The average Bonchev–Trinajstić information content (AvgIpc) is 2.39. The van der Waals surface area contributed by atoms with E-state index in [1.165, 1.54) is 10.4 Å². The van der Waals surface area contributed by atoms with Gasteiger partial charge in [0.1, 0.15) is 10.7 Å². The van der Waals surface area contributed by atoms with Crippen molar-refractivity contribution in [2.24, 2.45) is 0 Å². The van der Waals surface area contributed by atoms with Gasteiger partial charge in [0.2, 0.25) is 10.0 Å². The average molecular weight is 300 g/mol. The number of benzene rings is 1. The molecular weight excluding hydrogens is 283 g/mol. The number of hydrogen-bond donors (Lipinski definition) is 1. The predicted octanol–water partition coefficient (Wildman–Crippen LogP) is 1.38. The SMILES string of the molecule is COCC1=CCN(S(=O)(=O)c2ccc(F)cc2N)CC1. The van der Waals surface area contributed by atoms with Gasteiger partial charge in [0.25, 0.3) is 0 Å². The van der Waals surface area contributed by atoms with E-state index < -0.39 is 15.8 Å². The van der Waals surface area contributed by atoms with Crippen molar-refractivity contribution in [1.29, 1.82) is 0 Å². The van der Waals surface area contributed by atoms with E-state index >= 15 is 0 Å². The highest BCUT2D eigenvalue weighted by molar-refractivity contribution is 7.89. The van der Waals surface area contributed by atoms with Crippen LogP contribution in [-0.4, -0.2) is 39.5 Å². The first-order valence-electron chi connectivity index (χ1n) is 6.17. The summed E-state index contributed by atoms with van der Waals surface area (Å²) in [6.45, 7) is 1.15. The number of sulfonamides is 1. The molecule has 0 aliphatic carbocycles. The highest BCUT2D eigenvalue weighted by Gasteiger charge is 2.27. The Morgan fingerprint density at radius 2 is 2.20 bits per heavy atom. The van der Waals surface area contributed by atoms with Crippen LogP contribution in [0.2, 0.25) is 0 Å². The number of nitrogens with two attached hydrogens (primary N) is 1. The van der Waals surface area contributed by atoms with Crippen LogP contribution in [0, 0.1) is 5.82 Å². The van der Waals surface area contributed by atoms with E-state index in [1.54, 1.807) is 7.11 Å². The van der Waals surface area contributed by atoms with Gasteiger partial charge >= 0.3 is 0 Å². The predicted molar refractivity (Wildman–Crippen MR) is 74.1 cm³/mol. The van der Waals surface area contributed by atoms with Gasteiger partial charge in [0, 0.05) is 20.2 Å². The summed E-state index contributed by atoms with van der Waals surface area (Å²) in [5.74, 6) is -0.553. The monoisotopic (exact) mass is 300 g/mol. The first-order chi connectivity index (χ1) is 9.45. The number of methoxy groups -OCH3 is 1. The van der Waals surface area contributed by atoms with Crippen LogP contribution < -0.4 is 5.73 Å². The third-order valence-corrected chi connectivity index (χ3v) is 5.12. The molecular formula is C13H17FN2O3S. The van der Waals surface area contributed by atoms with Crippen molar-refractivity contribution < 1.29 is 17.5 Å². The van der Waals surface area contributed by atoms with Crippen molar-refractivity contribution in [2.45, 2.75) is 11.3 Å². The molecule has 20 heavy (non-hydrogen) atoms. The Labute approximate surface area is 117 Å². The van der Waals surface area contributed by atoms with E-state index in [-0.39, 0.29) is 17.1 Å². The molecule has 5 nitrogen and oxygen atoms in total. The third kappa shape index (κ3) is 3.00. The zero-order chi connectivity index (χ0) is 14.8. The number of nitrogens with zero attached hydrogens (tertiary/aromatic N) is 1. The summed E-state index contributed by atoms with van der Waals surface area (Å²) in [6, 6.07) is 3.32. The smallest absolute Gasteiger partial charge is 0.245 e. The lowest BCUT2D eigenvalue weighted by Crippen LogP contribution is -2.35. The topological polar surface area (TPSA) is 72.6 Å². The molecule has 110 valence electrons. The van der Waals surface area contributed by atoms with E-state index in [2.05, 4.69) is 0 Å². The number of rotatable bonds is 4. The molecule has 0 aromatic heterocycles. The number of anilines is 1. The van der Waals surface area contributed by atoms with Crippen molar-refractivity contribution >= 4 is 15.7 Å². The fourth-order valence-electron chi connectivity index (χ4n) is 2.12. The Balaban J connectivity index is 2.24. The molecule has 1 aliphatic heterocycles. The third-order valence-electron chi connectivity index (χ3n) is 3.19. The molecule has 1 aromatic carbocycles. The number of hydrogen-bond acceptors (Lipinski definition) is 4. The maximum absolute atomic E-state index is 13.0. The second-order valence-corrected chi connectivity index (χ2v) is 6.50. The largest absolute Gasteiger partial charge is 0.398 e. The highest BCUT2D eigenvalue weighted by atomic mass is 32.2. The minimum absolute atomic E-state index is 0.0532. The van der Waals surface area contributed by atoms with Crippen LogP contribution >= 0.6 is 0 Å². The van der Waals surface area contributed by atoms with E-state index in [1.807, 2.05) is 6.08 Å². The first-order valence-corrected chi connectivity index (χ1v) is 7.61. The summed E-state index contributed by atoms with van der Waals surface area (Å²) in [5.41, 5.74) is 6.61. The van der Waals surface area contributed by atoms with Gasteiger partial charge < -0.3 is 10.5 Å². The van der Waals surface area contributed by atoms with E-state index in [4.69, 9.17) is 10.5 Å². The molecule has 0 bridgehead atoms. The van der Waals surface area contributed by atoms with Crippen molar-refractivity contribution in [3.63, 3.8) is 0 Å². The summed E-state index contributed by atoms with van der Waals surface area (Å²) in [6.07, 6.45) is 2.46. The molecule has 1 aromatic rings. The van der Waals surface area contributed by atoms with Gasteiger partial charge in [-0.25, -0.2) is 12.8 Å². The molecule has 0 fully saturated rings. The fraction of sp³-hybridized carbons (Fsp3) is 0.385. The summed E-state index contributed by atoms with van der Waals surface area (Å²) in [4.78, 5) is -0.0532. The maximum Gasteiger partial charge on any atom is 0.245 e. The zero-order valence-corrected chi connectivity index (χ0v) is 12.0. The van der Waals surface area contributed by atoms with Gasteiger partial charge in [-0.3, -0.25) is 0 Å². The number of halogens is 1. The molecule has 0 unspecified atom stereocenters. The lowest BCUT2D eigenvalue weighted by Gasteiger charge is -2.26. The van der Waals surface area contributed by atoms with Crippen LogP contribution in [0.3, 0.4) is 0 Å². The molecule has 7 heteroatoms.